The summed E-state index contributed by atoms with van der Waals surface area (Å²) in [6.07, 6.45) is 0. The average Bonchev–Trinajstić information content (AvgIpc) is 3.70. The van der Waals surface area contributed by atoms with Gasteiger partial charge in [-0.15, -0.1) is 0 Å². The van der Waals surface area contributed by atoms with Gasteiger partial charge in [0.05, 0.1) is 52.5 Å². The lowest BCUT2D eigenvalue weighted by molar-refractivity contribution is 1.18. The van der Waals surface area contributed by atoms with Crippen LogP contribution in [0, 0.1) is 24.5 Å². The summed E-state index contributed by atoms with van der Waals surface area (Å²) in [5, 5.41) is 13.8. The van der Waals surface area contributed by atoms with Crippen LogP contribution in [-0.2, 0) is 0 Å². The number of fused-ring (bicyclic) bond motifs is 6. The van der Waals surface area contributed by atoms with Gasteiger partial charge >= 0.3 is 0 Å². The predicted octanol–water partition coefficient (Wildman–Crippen LogP) is 12.2. The second-order valence-corrected chi connectivity index (χ2v) is 12.2. The van der Waals surface area contributed by atoms with Gasteiger partial charge in [0, 0.05) is 21.8 Å². The summed E-state index contributed by atoms with van der Waals surface area (Å²) in [5.41, 5.74) is 11.5. The number of hydrogen-bond donors (Lipinski definition) is 0. The zero-order valence-corrected chi connectivity index (χ0v) is 26.7. The zero-order valence-electron chi connectivity index (χ0n) is 26.7. The first kappa shape index (κ1) is 28.8. The maximum absolute atomic E-state index is 9.65. The highest BCUT2D eigenvalue weighted by Gasteiger charge is 2.20. The van der Waals surface area contributed by atoms with Gasteiger partial charge in [-0.1, -0.05) is 103 Å². The molecule has 5 heteroatoms. The summed E-state index contributed by atoms with van der Waals surface area (Å²) < 4.78 is 4.35. The van der Waals surface area contributed by atoms with Crippen molar-refractivity contribution in [1.29, 1.82) is 5.26 Å². The van der Waals surface area contributed by atoms with E-state index in [1.165, 1.54) is 0 Å². The topological polar surface area (TPSA) is 42.4 Å². The molecule has 0 aliphatic heterocycles. The van der Waals surface area contributed by atoms with Crippen molar-refractivity contribution in [2.45, 2.75) is 0 Å². The normalized spacial score (nSPS) is 11.1. The van der Waals surface area contributed by atoms with Crippen LogP contribution in [0.2, 0.25) is 0 Å². The van der Waals surface area contributed by atoms with Crippen LogP contribution in [0.25, 0.3) is 86.9 Å². The third-order valence-corrected chi connectivity index (χ3v) is 9.59. The summed E-state index contributed by atoms with van der Waals surface area (Å²) in [5.74, 6) is 0. The molecule has 0 N–H and O–H groups in total. The molecule has 0 atom stereocenters. The summed E-state index contributed by atoms with van der Waals surface area (Å²) in [6, 6.07) is 53.2. The molecule has 0 fully saturated rings. The highest BCUT2D eigenvalue weighted by atomic mass is 15.0. The van der Waals surface area contributed by atoms with Gasteiger partial charge in [-0.25, -0.2) is 9.69 Å². The number of aromatic nitrogens is 2. The number of rotatable bonds is 4. The van der Waals surface area contributed by atoms with E-state index in [-0.39, 0.29) is 0 Å². The third kappa shape index (κ3) is 4.31. The van der Waals surface area contributed by atoms with Crippen molar-refractivity contribution in [3.8, 4) is 39.7 Å². The molecule has 9 rings (SSSR count). The first-order chi connectivity index (χ1) is 24.7. The van der Waals surface area contributed by atoms with Crippen molar-refractivity contribution in [2.75, 3.05) is 0 Å². The van der Waals surface area contributed by atoms with Gasteiger partial charge in [-0.05, 0) is 76.2 Å². The number of hydrogen-bond acceptors (Lipinski definition) is 1. The predicted molar refractivity (Wildman–Crippen MR) is 203 cm³/mol. The van der Waals surface area contributed by atoms with Gasteiger partial charge in [0.2, 0.25) is 11.4 Å². The van der Waals surface area contributed by atoms with Crippen LogP contribution in [-0.4, -0.2) is 9.13 Å². The maximum Gasteiger partial charge on any atom is 0.211 e. The molecule has 0 amide bonds. The van der Waals surface area contributed by atoms with Crippen LogP contribution in [0.4, 0.5) is 11.4 Å². The van der Waals surface area contributed by atoms with Crippen molar-refractivity contribution < 1.29 is 0 Å². The van der Waals surface area contributed by atoms with Crippen molar-refractivity contribution in [3.05, 3.63) is 180 Å². The fourth-order valence-corrected chi connectivity index (χ4v) is 7.40. The Balaban J connectivity index is 1.19. The van der Waals surface area contributed by atoms with Gasteiger partial charge in [0.15, 0.2) is 0 Å². The van der Waals surface area contributed by atoms with Crippen molar-refractivity contribution in [1.82, 2.24) is 9.13 Å². The Labute approximate surface area is 288 Å². The fourth-order valence-electron chi connectivity index (χ4n) is 7.40. The Morgan fingerprint density at radius 2 is 1.10 bits per heavy atom. The van der Waals surface area contributed by atoms with Crippen LogP contribution < -0.4 is 0 Å². The van der Waals surface area contributed by atoms with Crippen molar-refractivity contribution in [2.24, 2.45) is 0 Å². The molecule has 0 bridgehead atoms. The number of nitrogens with zero attached hydrogens (tertiary/aromatic N) is 5. The summed E-state index contributed by atoms with van der Waals surface area (Å²) in [4.78, 5) is 7.85. The fraction of sp³-hybridized carbons (Fsp3) is 0. The van der Waals surface area contributed by atoms with E-state index in [1.54, 1.807) is 0 Å². The molecule has 9 aromatic rings. The highest BCUT2D eigenvalue weighted by Crippen LogP contribution is 2.42. The first-order valence-electron chi connectivity index (χ1n) is 16.2. The molecule has 0 spiro atoms. The second kappa shape index (κ2) is 11.4. The minimum atomic E-state index is 0.550. The van der Waals surface area contributed by atoms with E-state index in [9.17, 15) is 5.26 Å². The number of benzene rings is 7. The molecule has 2 aromatic heterocycles. The summed E-state index contributed by atoms with van der Waals surface area (Å²) in [6.45, 7) is 16.0. The Morgan fingerprint density at radius 1 is 0.480 bits per heavy atom. The van der Waals surface area contributed by atoms with E-state index in [0.717, 1.165) is 77.2 Å². The van der Waals surface area contributed by atoms with E-state index in [0.29, 0.717) is 16.9 Å². The van der Waals surface area contributed by atoms with Crippen molar-refractivity contribution >= 4 is 55.0 Å². The van der Waals surface area contributed by atoms with Gasteiger partial charge < -0.3 is 9.13 Å². The molecule has 0 saturated carbocycles. The zero-order chi connectivity index (χ0) is 33.8. The molecule has 0 radical (unpaired) electrons. The highest BCUT2D eigenvalue weighted by molar-refractivity contribution is 6.13. The molecule has 2 heterocycles. The first-order valence-corrected chi connectivity index (χ1v) is 16.2. The van der Waals surface area contributed by atoms with Crippen molar-refractivity contribution in [3.63, 3.8) is 0 Å². The smallest absolute Gasteiger partial charge is 0.211 e. The molecule has 0 aliphatic carbocycles. The largest absolute Gasteiger partial charge is 0.319 e. The van der Waals surface area contributed by atoms with Crippen LogP contribution in [0.15, 0.2) is 152 Å². The van der Waals surface area contributed by atoms with Gasteiger partial charge in [-0.2, -0.15) is 5.26 Å². The molecule has 7 aromatic carbocycles. The van der Waals surface area contributed by atoms with E-state index in [1.807, 2.05) is 66.7 Å². The van der Waals surface area contributed by atoms with Crippen LogP contribution in [0.3, 0.4) is 0 Å². The van der Waals surface area contributed by atoms with E-state index in [4.69, 9.17) is 13.1 Å². The molecule has 0 saturated heterocycles. The van der Waals surface area contributed by atoms with Gasteiger partial charge in [0.1, 0.15) is 0 Å². The lowest BCUT2D eigenvalue weighted by Crippen LogP contribution is -1.98. The molecule has 50 heavy (non-hydrogen) atoms. The van der Waals surface area contributed by atoms with E-state index < -0.39 is 0 Å². The Kier molecular flexibility index (Phi) is 6.56. The van der Waals surface area contributed by atoms with Crippen LogP contribution >= 0.6 is 0 Å². The van der Waals surface area contributed by atoms with Gasteiger partial charge in [-0.3, -0.25) is 0 Å². The number of para-hydroxylation sites is 4. The average molecular weight is 636 g/mol. The standard InChI is InChI=1S/C45H25N5/c1-47-39-16-8-14-34(44(39)50-42-19-6-4-13-36(42)38-26-29(28-46)20-25-43(38)50)32-11-7-10-31(27-32)30-21-23-33(24-22-30)49-41-18-5-3-12-35(41)37-15-9-17-40(48-2)45(37)49/h3-27H. The Bertz CT molecular complexity index is 2960. The van der Waals surface area contributed by atoms with Crippen LogP contribution in [0.1, 0.15) is 5.56 Å². The molecule has 0 aliphatic rings. The van der Waals surface area contributed by atoms with Gasteiger partial charge in [0.25, 0.3) is 0 Å². The lowest BCUT2D eigenvalue weighted by Gasteiger charge is -2.17. The quantitative estimate of drug-likeness (QED) is 0.177. The monoisotopic (exact) mass is 635 g/mol. The van der Waals surface area contributed by atoms with Crippen LogP contribution in [0.5, 0.6) is 0 Å². The maximum atomic E-state index is 9.65. The Morgan fingerprint density at radius 3 is 1.86 bits per heavy atom. The molecular formula is C45H25N5. The second-order valence-electron chi connectivity index (χ2n) is 12.2. The summed E-state index contributed by atoms with van der Waals surface area (Å²) >= 11 is 0. The number of nitriles is 1. The molecule has 0 unspecified atom stereocenters. The third-order valence-electron chi connectivity index (χ3n) is 9.59. The summed E-state index contributed by atoms with van der Waals surface area (Å²) in [7, 11) is 0. The van der Waals surface area contributed by atoms with E-state index >= 15 is 0 Å². The molecule has 5 nitrogen and oxygen atoms in total. The minimum Gasteiger partial charge on any atom is -0.319 e. The molecular weight excluding hydrogens is 611 g/mol. The molecule has 230 valence electrons. The SMILES string of the molecule is [C-]#[N+]c1cccc(-c2cccc(-c3ccc(-n4c5ccccc5c5cccc([N+]#[C-])c54)cc3)c2)c1-n1c2ccccc2c2cc(C#N)ccc21. The lowest BCUT2D eigenvalue weighted by atomic mass is 9.97. The van der Waals surface area contributed by atoms with E-state index in [2.05, 4.69) is 110 Å². The minimum absolute atomic E-state index is 0.550. The Hall–Kier alpha value is -7.39.